The molecule has 140 valence electrons. The SMILES string of the molecule is CONC(O)CCCCCCCCCCCCCCCC(N)N. The van der Waals surface area contributed by atoms with Gasteiger partial charge in [0, 0.05) is 0 Å². The Morgan fingerprint density at radius 3 is 1.39 bits per heavy atom. The summed E-state index contributed by atoms with van der Waals surface area (Å²) in [6, 6.07) is 0. The second-order valence-electron chi connectivity index (χ2n) is 6.68. The third-order valence-electron chi connectivity index (χ3n) is 4.27. The molecular weight excluding hydrogens is 290 g/mol. The van der Waals surface area contributed by atoms with E-state index in [1.54, 1.807) is 0 Å². The zero-order valence-electron chi connectivity index (χ0n) is 15.3. The van der Waals surface area contributed by atoms with Crippen LogP contribution < -0.4 is 16.9 Å². The summed E-state index contributed by atoms with van der Waals surface area (Å²) in [6.07, 6.45) is 18.0. The number of aliphatic hydroxyl groups excluding tert-OH is 1. The van der Waals surface area contributed by atoms with Gasteiger partial charge in [-0.3, -0.25) is 0 Å². The highest BCUT2D eigenvalue weighted by molar-refractivity contribution is 4.53. The lowest BCUT2D eigenvalue weighted by Gasteiger charge is -2.09. The maximum Gasteiger partial charge on any atom is 0.127 e. The minimum Gasteiger partial charge on any atom is -0.377 e. The van der Waals surface area contributed by atoms with E-state index in [2.05, 4.69) is 10.3 Å². The van der Waals surface area contributed by atoms with Crippen LogP contribution in [0.3, 0.4) is 0 Å². The lowest BCUT2D eigenvalue weighted by atomic mass is 10.0. The molecule has 0 aromatic carbocycles. The van der Waals surface area contributed by atoms with Gasteiger partial charge in [0.15, 0.2) is 0 Å². The molecule has 23 heavy (non-hydrogen) atoms. The first-order valence-corrected chi connectivity index (χ1v) is 9.64. The largest absolute Gasteiger partial charge is 0.377 e. The van der Waals surface area contributed by atoms with Gasteiger partial charge < -0.3 is 21.4 Å². The van der Waals surface area contributed by atoms with Crippen LogP contribution in [-0.2, 0) is 4.84 Å². The number of rotatable bonds is 18. The molecule has 5 nitrogen and oxygen atoms in total. The summed E-state index contributed by atoms with van der Waals surface area (Å²) in [5, 5.41) is 9.42. The van der Waals surface area contributed by atoms with E-state index >= 15 is 0 Å². The van der Waals surface area contributed by atoms with Gasteiger partial charge >= 0.3 is 0 Å². The molecule has 0 radical (unpaired) electrons. The number of hydrogen-bond acceptors (Lipinski definition) is 5. The van der Waals surface area contributed by atoms with Crippen LogP contribution in [0.4, 0.5) is 0 Å². The molecule has 0 aliphatic rings. The highest BCUT2D eigenvalue weighted by atomic mass is 16.7. The van der Waals surface area contributed by atoms with E-state index in [1.807, 2.05) is 0 Å². The van der Waals surface area contributed by atoms with Gasteiger partial charge in [0.1, 0.15) is 6.23 Å². The molecule has 0 saturated heterocycles. The summed E-state index contributed by atoms with van der Waals surface area (Å²) in [5.41, 5.74) is 13.6. The van der Waals surface area contributed by atoms with Gasteiger partial charge in [0.2, 0.25) is 0 Å². The van der Waals surface area contributed by atoms with Gasteiger partial charge in [-0.2, -0.15) is 5.48 Å². The van der Waals surface area contributed by atoms with Crippen LogP contribution in [0.2, 0.25) is 0 Å². The number of unbranched alkanes of at least 4 members (excludes halogenated alkanes) is 12. The third kappa shape index (κ3) is 19.8. The van der Waals surface area contributed by atoms with E-state index in [0.717, 1.165) is 19.3 Å². The standard InChI is InChI=1S/C18H41N3O2/c1-23-21-18(22)16-14-12-10-8-6-4-2-3-5-7-9-11-13-15-17(19)20/h17-18,21-22H,2-16,19-20H2,1H3. The number of hydrogen-bond donors (Lipinski definition) is 4. The van der Waals surface area contributed by atoms with E-state index in [9.17, 15) is 5.11 Å². The smallest absolute Gasteiger partial charge is 0.127 e. The summed E-state index contributed by atoms with van der Waals surface area (Å²) >= 11 is 0. The highest BCUT2D eigenvalue weighted by Gasteiger charge is 2.01. The third-order valence-corrected chi connectivity index (χ3v) is 4.27. The second-order valence-corrected chi connectivity index (χ2v) is 6.68. The Hall–Kier alpha value is -0.200. The minimum atomic E-state index is -0.521. The van der Waals surface area contributed by atoms with Crippen LogP contribution in [-0.4, -0.2) is 24.6 Å². The van der Waals surface area contributed by atoms with Crippen molar-refractivity contribution in [3.8, 4) is 0 Å². The first kappa shape index (κ1) is 22.8. The van der Waals surface area contributed by atoms with Crippen LogP contribution in [0.15, 0.2) is 0 Å². The molecular formula is C18H41N3O2. The van der Waals surface area contributed by atoms with Gasteiger partial charge in [0.05, 0.1) is 13.3 Å². The van der Waals surface area contributed by atoms with E-state index < -0.39 is 6.23 Å². The van der Waals surface area contributed by atoms with Gasteiger partial charge in [0.25, 0.3) is 0 Å². The second kappa shape index (κ2) is 18.1. The molecule has 0 spiro atoms. The number of hydroxylamine groups is 1. The molecule has 0 aromatic rings. The number of nitrogens with two attached hydrogens (primary N) is 2. The summed E-state index contributed by atoms with van der Waals surface area (Å²) in [7, 11) is 1.53. The molecule has 6 N–H and O–H groups in total. The lowest BCUT2D eigenvalue weighted by molar-refractivity contribution is -0.0349. The van der Waals surface area contributed by atoms with Crippen molar-refractivity contribution in [3.05, 3.63) is 0 Å². The van der Waals surface area contributed by atoms with Crippen molar-refractivity contribution in [2.24, 2.45) is 11.5 Å². The normalized spacial score (nSPS) is 12.9. The van der Waals surface area contributed by atoms with Crippen molar-refractivity contribution in [2.75, 3.05) is 7.11 Å². The predicted molar refractivity (Wildman–Crippen MR) is 97.6 cm³/mol. The quantitative estimate of drug-likeness (QED) is 0.175. The van der Waals surface area contributed by atoms with Crippen molar-refractivity contribution < 1.29 is 9.94 Å². The Balaban J connectivity index is 3.03. The molecule has 0 bridgehead atoms. The average molecular weight is 332 g/mol. The zero-order chi connectivity index (χ0) is 17.2. The summed E-state index contributed by atoms with van der Waals surface area (Å²) in [5.74, 6) is 0. The lowest BCUT2D eigenvalue weighted by Crippen LogP contribution is -2.29. The molecule has 0 fully saturated rings. The molecule has 0 aromatic heterocycles. The van der Waals surface area contributed by atoms with Crippen LogP contribution in [0, 0.1) is 0 Å². The minimum absolute atomic E-state index is 0.123. The van der Waals surface area contributed by atoms with Crippen molar-refractivity contribution in [1.82, 2.24) is 5.48 Å². The van der Waals surface area contributed by atoms with Gasteiger partial charge in [-0.15, -0.1) is 0 Å². The molecule has 1 unspecified atom stereocenters. The van der Waals surface area contributed by atoms with E-state index in [0.29, 0.717) is 0 Å². The van der Waals surface area contributed by atoms with E-state index in [4.69, 9.17) is 11.5 Å². The predicted octanol–water partition coefficient (Wildman–Crippen LogP) is 3.55. The van der Waals surface area contributed by atoms with Gasteiger partial charge in [-0.25, -0.2) is 0 Å². The van der Waals surface area contributed by atoms with Crippen molar-refractivity contribution in [3.63, 3.8) is 0 Å². The van der Waals surface area contributed by atoms with E-state index in [-0.39, 0.29) is 6.17 Å². The zero-order valence-corrected chi connectivity index (χ0v) is 15.3. The molecule has 5 heteroatoms. The Morgan fingerprint density at radius 2 is 1.04 bits per heavy atom. The highest BCUT2D eigenvalue weighted by Crippen LogP contribution is 2.13. The van der Waals surface area contributed by atoms with Crippen molar-refractivity contribution >= 4 is 0 Å². The molecule has 0 rings (SSSR count). The van der Waals surface area contributed by atoms with E-state index in [1.165, 1.54) is 84.2 Å². The van der Waals surface area contributed by atoms with Gasteiger partial charge in [-0.1, -0.05) is 77.0 Å². The average Bonchev–Trinajstić information content (AvgIpc) is 2.51. The maximum absolute atomic E-state index is 9.42. The van der Waals surface area contributed by atoms with Crippen LogP contribution >= 0.6 is 0 Å². The Bertz CT molecular complexity index is 228. The summed E-state index contributed by atoms with van der Waals surface area (Å²) < 4.78 is 0. The molecule has 0 aliphatic heterocycles. The first-order chi connectivity index (χ1) is 11.2. The topological polar surface area (TPSA) is 93.5 Å². The number of nitrogens with one attached hydrogen (secondary N) is 1. The molecule has 1 atom stereocenters. The monoisotopic (exact) mass is 331 g/mol. The Labute approximate surface area is 143 Å². The molecule has 0 aliphatic carbocycles. The van der Waals surface area contributed by atoms with Crippen molar-refractivity contribution in [1.29, 1.82) is 0 Å². The number of aliphatic hydroxyl groups is 1. The fourth-order valence-corrected chi connectivity index (χ4v) is 2.86. The van der Waals surface area contributed by atoms with Crippen LogP contribution in [0.1, 0.15) is 96.3 Å². The summed E-state index contributed by atoms with van der Waals surface area (Å²) in [4.78, 5) is 4.67. The molecule has 0 amide bonds. The fourth-order valence-electron chi connectivity index (χ4n) is 2.86. The van der Waals surface area contributed by atoms with Gasteiger partial charge in [-0.05, 0) is 19.3 Å². The van der Waals surface area contributed by atoms with Crippen molar-refractivity contribution in [2.45, 2.75) is 109 Å². The fraction of sp³-hybridized carbons (Fsp3) is 1.00. The Kier molecular flexibility index (Phi) is 18.0. The first-order valence-electron chi connectivity index (χ1n) is 9.64. The molecule has 0 saturated carbocycles. The maximum atomic E-state index is 9.42. The Morgan fingerprint density at radius 1 is 0.696 bits per heavy atom. The van der Waals surface area contributed by atoms with Crippen LogP contribution in [0.5, 0.6) is 0 Å². The summed E-state index contributed by atoms with van der Waals surface area (Å²) in [6.45, 7) is 0. The molecule has 0 heterocycles. The van der Waals surface area contributed by atoms with Crippen LogP contribution in [0.25, 0.3) is 0 Å².